The Bertz CT molecular complexity index is 441. The average molecular weight is 265 g/mol. The minimum absolute atomic E-state index is 0.0982. The molecule has 1 aromatic heterocycles. The van der Waals surface area contributed by atoms with Crippen molar-refractivity contribution in [3.05, 3.63) is 22.2 Å². The molecular formula is C13H19N3OS. The van der Waals surface area contributed by atoms with Crippen LogP contribution in [-0.4, -0.2) is 42.0 Å². The molecule has 1 fully saturated rings. The molecule has 18 heavy (non-hydrogen) atoms. The zero-order valence-electron chi connectivity index (χ0n) is 10.8. The molecule has 1 amide bonds. The van der Waals surface area contributed by atoms with Crippen molar-refractivity contribution in [2.75, 3.05) is 20.1 Å². The number of nitrogens with zero attached hydrogens (tertiary/aromatic N) is 2. The van der Waals surface area contributed by atoms with Crippen molar-refractivity contribution in [1.82, 2.24) is 15.2 Å². The van der Waals surface area contributed by atoms with Crippen LogP contribution < -0.4 is 5.32 Å². The van der Waals surface area contributed by atoms with E-state index in [1.54, 1.807) is 23.6 Å². The normalized spacial score (nSPS) is 20.6. The van der Waals surface area contributed by atoms with Gasteiger partial charge in [-0.2, -0.15) is 0 Å². The number of likely N-dealkylation sites (N-methyl/N-ethyl adjacent to an activating group) is 1. The predicted octanol–water partition coefficient (Wildman–Crippen LogP) is 1.68. The number of nitrogens with one attached hydrogen (secondary N) is 1. The summed E-state index contributed by atoms with van der Waals surface area (Å²) >= 11 is 1.60. The van der Waals surface area contributed by atoms with Crippen molar-refractivity contribution < 1.29 is 4.79 Å². The second-order valence-electron chi connectivity index (χ2n) is 4.53. The SMILES string of the molecule is CNC1CCCN(C(=O)C=Cc2cnc(C)s2)C1. The summed E-state index contributed by atoms with van der Waals surface area (Å²) < 4.78 is 0. The molecular weight excluding hydrogens is 246 g/mol. The zero-order valence-corrected chi connectivity index (χ0v) is 11.7. The summed E-state index contributed by atoms with van der Waals surface area (Å²) in [5, 5.41) is 4.26. The molecule has 0 aromatic carbocycles. The number of thiazole rings is 1. The van der Waals surface area contributed by atoms with Crippen LogP contribution in [0.2, 0.25) is 0 Å². The van der Waals surface area contributed by atoms with Crippen LogP contribution in [0.4, 0.5) is 0 Å². The van der Waals surface area contributed by atoms with E-state index >= 15 is 0 Å². The Morgan fingerprint density at radius 1 is 1.67 bits per heavy atom. The molecule has 2 heterocycles. The molecule has 1 saturated heterocycles. The van der Waals surface area contributed by atoms with Crippen LogP contribution in [0.1, 0.15) is 22.7 Å². The number of aromatic nitrogens is 1. The third-order valence-corrected chi connectivity index (χ3v) is 4.05. The number of amides is 1. The van der Waals surface area contributed by atoms with Crippen LogP contribution >= 0.6 is 11.3 Å². The molecule has 98 valence electrons. The molecule has 0 aliphatic carbocycles. The molecule has 1 aliphatic rings. The van der Waals surface area contributed by atoms with Gasteiger partial charge in [0.1, 0.15) is 0 Å². The minimum atomic E-state index is 0.0982. The van der Waals surface area contributed by atoms with E-state index in [-0.39, 0.29) is 5.91 Å². The van der Waals surface area contributed by atoms with Gasteiger partial charge in [-0.3, -0.25) is 4.79 Å². The molecule has 0 radical (unpaired) electrons. The number of carbonyl (C=O) groups is 1. The van der Waals surface area contributed by atoms with Gasteiger partial charge in [-0.25, -0.2) is 4.98 Å². The second-order valence-corrected chi connectivity index (χ2v) is 5.79. The van der Waals surface area contributed by atoms with E-state index in [0.29, 0.717) is 6.04 Å². The van der Waals surface area contributed by atoms with E-state index in [1.807, 2.05) is 24.9 Å². The van der Waals surface area contributed by atoms with Crippen molar-refractivity contribution in [3.63, 3.8) is 0 Å². The summed E-state index contributed by atoms with van der Waals surface area (Å²) in [6.07, 6.45) is 7.54. The lowest BCUT2D eigenvalue weighted by Gasteiger charge is -2.31. The minimum Gasteiger partial charge on any atom is -0.338 e. The Morgan fingerprint density at radius 2 is 2.50 bits per heavy atom. The summed E-state index contributed by atoms with van der Waals surface area (Å²) in [7, 11) is 1.95. The van der Waals surface area contributed by atoms with Crippen LogP contribution in [0.25, 0.3) is 6.08 Å². The number of piperidine rings is 1. The summed E-state index contributed by atoms with van der Waals surface area (Å²) in [6, 6.07) is 0.432. The van der Waals surface area contributed by atoms with Crippen molar-refractivity contribution in [1.29, 1.82) is 0 Å². The first-order valence-electron chi connectivity index (χ1n) is 6.25. The van der Waals surface area contributed by atoms with Crippen LogP contribution in [0, 0.1) is 6.92 Å². The van der Waals surface area contributed by atoms with Crippen LogP contribution in [-0.2, 0) is 4.79 Å². The van der Waals surface area contributed by atoms with E-state index in [0.717, 1.165) is 35.8 Å². The molecule has 1 N–H and O–H groups in total. The largest absolute Gasteiger partial charge is 0.338 e. The molecule has 0 bridgehead atoms. The first-order chi connectivity index (χ1) is 8.69. The second kappa shape index (κ2) is 6.11. The Balaban J connectivity index is 1.93. The summed E-state index contributed by atoms with van der Waals surface area (Å²) in [4.78, 5) is 19.1. The van der Waals surface area contributed by atoms with Gasteiger partial charge in [0.15, 0.2) is 0 Å². The highest BCUT2D eigenvalue weighted by molar-refractivity contribution is 7.12. The standard InChI is InChI=1S/C13H19N3OS/c1-10-15-8-12(18-10)5-6-13(17)16-7-3-4-11(9-16)14-2/h5-6,8,11,14H,3-4,7,9H2,1-2H3. The van der Waals surface area contributed by atoms with Gasteiger partial charge >= 0.3 is 0 Å². The quantitative estimate of drug-likeness (QED) is 0.846. The van der Waals surface area contributed by atoms with E-state index in [2.05, 4.69) is 10.3 Å². The van der Waals surface area contributed by atoms with Crippen molar-refractivity contribution in [2.45, 2.75) is 25.8 Å². The summed E-state index contributed by atoms with van der Waals surface area (Å²) in [6.45, 7) is 3.64. The maximum absolute atomic E-state index is 12.0. The van der Waals surface area contributed by atoms with Gasteiger partial charge in [-0.1, -0.05) is 0 Å². The van der Waals surface area contributed by atoms with E-state index in [4.69, 9.17) is 0 Å². The average Bonchev–Trinajstić information content (AvgIpc) is 2.82. The van der Waals surface area contributed by atoms with Gasteiger partial charge < -0.3 is 10.2 Å². The van der Waals surface area contributed by atoms with E-state index in [9.17, 15) is 4.79 Å². The molecule has 0 spiro atoms. The third kappa shape index (κ3) is 3.40. The number of likely N-dealkylation sites (tertiary alicyclic amines) is 1. The number of hydrogen-bond donors (Lipinski definition) is 1. The molecule has 5 heteroatoms. The first-order valence-corrected chi connectivity index (χ1v) is 7.07. The molecule has 4 nitrogen and oxygen atoms in total. The molecule has 0 saturated carbocycles. The van der Waals surface area contributed by atoms with E-state index in [1.165, 1.54) is 0 Å². The Labute approximate surface area is 112 Å². The lowest BCUT2D eigenvalue weighted by molar-refractivity contribution is -0.127. The highest BCUT2D eigenvalue weighted by Crippen LogP contribution is 2.14. The fraction of sp³-hybridized carbons (Fsp3) is 0.538. The molecule has 1 aromatic rings. The first kappa shape index (κ1) is 13.2. The Morgan fingerprint density at radius 3 is 3.17 bits per heavy atom. The van der Waals surface area contributed by atoms with Gasteiger partial charge in [-0.15, -0.1) is 11.3 Å². The lowest BCUT2D eigenvalue weighted by Crippen LogP contribution is -2.46. The van der Waals surface area contributed by atoms with Gasteiger partial charge in [0.05, 0.1) is 5.01 Å². The fourth-order valence-electron chi connectivity index (χ4n) is 2.13. The fourth-order valence-corrected chi connectivity index (χ4v) is 2.81. The van der Waals surface area contributed by atoms with Crippen molar-refractivity contribution >= 4 is 23.3 Å². The van der Waals surface area contributed by atoms with Crippen molar-refractivity contribution in [2.24, 2.45) is 0 Å². The highest BCUT2D eigenvalue weighted by atomic mass is 32.1. The van der Waals surface area contributed by atoms with Gasteiger partial charge in [0.2, 0.25) is 5.91 Å². The molecule has 1 atom stereocenters. The monoisotopic (exact) mass is 265 g/mol. The maximum atomic E-state index is 12.0. The Hall–Kier alpha value is -1.20. The number of aryl methyl sites for hydroxylation is 1. The summed E-state index contributed by atoms with van der Waals surface area (Å²) in [5.74, 6) is 0.0982. The smallest absolute Gasteiger partial charge is 0.246 e. The van der Waals surface area contributed by atoms with Gasteiger partial charge in [0.25, 0.3) is 0 Å². The van der Waals surface area contributed by atoms with Crippen LogP contribution in [0.15, 0.2) is 12.3 Å². The van der Waals surface area contributed by atoms with E-state index < -0.39 is 0 Å². The predicted molar refractivity (Wildman–Crippen MR) is 74.5 cm³/mol. The number of rotatable bonds is 3. The molecule has 2 rings (SSSR count). The molecule has 1 aliphatic heterocycles. The zero-order chi connectivity index (χ0) is 13.0. The van der Waals surface area contributed by atoms with Crippen LogP contribution in [0.3, 0.4) is 0 Å². The Kier molecular flexibility index (Phi) is 4.49. The number of hydrogen-bond acceptors (Lipinski definition) is 4. The summed E-state index contributed by atoms with van der Waals surface area (Å²) in [5.41, 5.74) is 0. The highest BCUT2D eigenvalue weighted by Gasteiger charge is 2.20. The molecule has 1 unspecified atom stereocenters. The van der Waals surface area contributed by atoms with Crippen LogP contribution in [0.5, 0.6) is 0 Å². The topological polar surface area (TPSA) is 45.2 Å². The maximum Gasteiger partial charge on any atom is 0.246 e. The lowest BCUT2D eigenvalue weighted by atomic mass is 10.1. The third-order valence-electron chi connectivity index (χ3n) is 3.17. The number of carbonyl (C=O) groups excluding carboxylic acids is 1. The van der Waals surface area contributed by atoms with Crippen molar-refractivity contribution in [3.8, 4) is 0 Å². The van der Waals surface area contributed by atoms with Gasteiger partial charge in [-0.05, 0) is 32.9 Å². The van der Waals surface area contributed by atoms with Gasteiger partial charge in [0, 0.05) is 36.3 Å².